The van der Waals surface area contributed by atoms with Gasteiger partial charge in [-0.05, 0) is 43.9 Å². The van der Waals surface area contributed by atoms with Crippen LogP contribution in [-0.2, 0) is 24.1 Å². The smallest absolute Gasteiger partial charge is 0.244 e. The first kappa shape index (κ1) is 19.9. The molecule has 28 heavy (non-hydrogen) atoms. The van der Waals surface area contributed by atoms with E-state index in [4.69, 9.17) is 9.47 Å². The summed E-state index contributed by atoms with van der Waals surface area (Å²) >= 11 is 0. The van der Waals surface area contributed by atoms with E-state index >= 15 is 0 Å². The summed E-state index contributed by atoms with van der Waals surface area (Å²) in [4.78, 5) is 15.6. The zero-order valence-electron chi connectivity index (χ0n) is 16.7. The Balaban J connectivity index is 1.64. The van der Waals surface area contributed by atoms with Crippen LogP contribution in [0.5, 0.6) is 0 Å². The van der Waals surface area contributed by atoms with E-state index in [1.54, 1.807) is 17.9 Å². The highest BCUT2D eigenvalue weighted by Crippen LogP contribution is 2.44. The van der Waals surface area contributed by atoms with Crippen LogP contribution < -0.4 is 0 Å². The summed E-state index contributed by atoms with van der Waals surface area (Å²) in [6.45, 7) is 5.80. The van der Waals surface area contributed by atoms with Crippen molar-refractivity contribution >= 4 is 15.7 Å². The molecule has 1 aromatic carbocycles. The number of carbonyl (C=O) groups is 1. The number of carbonyl (C=O) groups excluding carboxylic acids is 1. The van der Waals surface area contributed by atoms with Crippen molar-refractivity contribution in [1.29, 1.82) is 0 Å². The molecule has 6 nitrogen and oxygen atoms in total. The number of rotatable bonds is 3. The molecule has 3 aliphatic rings. The molecule has 2 aliphatic heterocycles. The number of nitrogens with zero attached hydrogens (tertiary/aromatic N) is 1. The van der Waals surface area contributed by atoms with E-state index in [-0.39, 0.29) is 5.91 Å². The Kier molecular flexibility index (Phi) is 5.04. The Morgan fingerprint density at radius 1 is 1.00 bits per heavy atom. The molecule has 0 aromatic heterocycles. The normalized spacial score (nSPS) is 24.0. The van der Waals surface area contributed by atoms with Crippen molar-refractivity contribution in [3.05, 3.63) is 29.3 Å². The number of ether oxygens (including phenoxy) is 2. The molecule has 0 N–H and O–H groups in total. The summed E-state index contributed by atoms with van der Waals surface area (Å²) in [7, 11) is -3.78. The highest BCUT2D eigenvalue weighted by molar-refractivity contribution is 7.93. The van der Waals surface area contributed by atoms with Crippen molar-refractivity contribution < 1.29 is 22.7 Å². The van der Waals surface area contributed by atoms with E-state index in [2.05, 4.69) is 0 Å². The molecule has 2 saturated heterocycles. The molecular formula is C21H29NO5S. The van der Waals surface area contributed by atoms with Crippen LogP contribution in [0.15, 0.2) is 23.1 Å². The lowest BCUT2D eigenvalue weighted by atomic mass is 9.99. The average molecular weight is 408 g/mol. The number of piperidine rings is 1. The van der Waals surface area contributed by atoms with E-state index in [0.717, 1.165) is 18.4 Å². The molecule has 2 heterocycles. The van der Waals surface area contributed by atoms with Gasteiger partial charge in [0.1, 0.15) is 0 Å². The monoisotopic (exact) mass is 407 g/mol. The quantitative estimate of drug-likeness (QED) is 0.770. The van der Waals surface area contributed by atoms with E-state index in [1.807, 2.05) is 19.1 Å². The van der Waals surface area contributed by atoms with Gasteiger partial charge < -0.3 is 14.4 Å². The molecule has 154 valence electrons. The second-order valence-corrected chi connectivity index (χ2v) is 10.6. The van der Waals surface area contributed by atoms with Gasteiger partial charge >= 0.3 is 0 Å². The van der Waals surface area contributed by atoms with Gasteiger partial charge in [0.15, 0.2) is 20.4 Å². The molecule has 7 heteroatoms. The Morgan fingerprint density at radius 3 is 2.21 bits per heavy atom. The minimum Gasteiger partial charge on any atom is -0.347 e. The van der Waals surface area contributed by atoms with Gasteiger partial charge in [0, 0.05) is 25.9 Å². The molecule has 3 fully saturated rings. The van der Waals surface area contributed by atoms with Gasteiger partial charge in [0.2, 0.25) is 5.91 Å². The maximum absolute atomic E-state index is 13.8. The summed E-state index contributed by atoms with van der Waals surface area (Å²) in [6, 6.07) is 5.45. The summed E-state index contributed by atoms with van der Waals surface area (Å²) in [5.74, 6) is -0.815. The number of aryl methyl sites for hydroxylation is 2. The molecule has 1 aliphatic carbocycles. The Hall–Kier alpha value is -1.44. The first-order valence-electron chi connectivity index (χ1n) is 10.2. The van der Waals surface area contributed by atoms with Crippen LogP contribution >= 0.6 is 0 Å². The second kappa shape index (κ2) is 7.11. The molecule has 0 unspecified atom stereocenters. The Bertz CT molecular complexity index is 857. The van der Waals surface area contributed by atoms with Gasteiger partial charge in [-0.25, -0.2) is 8.42 Å². The van der Waals surface area contributed by atoms with Crippen molar-refractivity contribution in [3.8, 4) is 0 Å². The molecule has 0 radical (unpaired) electrons. The number of hydrogen-bond acceptors (Lipinski definition) is 5. The third-order valence-corrected chi connectivity index (χ3v) is 9.21. The molecular weight excluding hydrogens is 378 g/mol. The fourth-order valence-corrected chi connectivity index (χ4v) is 7.31. The topological polar surface area (TPSA) is 72.9 Å². The molecule has 1 saturated carbocycles. The van der Waals surface area contributed by atoms with E-state index in [1.165, 1.54) is 0 Å². The number of sulfone groups is 1. The van der Waals surface area contributed by atoms with Crippen molar-refractivity contribution in [2.45, 2.75) is 67.8 Å². The van der Waals surface area contributed by atoms with Gasteiger partial charge in [0.05, 0.1) is 18.1 Å². The largest absolute Gasteiger partial charge is 0.347 e. The lowest BCUT2D eigenvalue weighted by Gasteiger charge is -2.41. The summed E-state index contributed by atoms with van der Waals surface area (Å²) in [5.41, 5.74) is 1.59. The highest BCUT2D eigenvalue weighted by Gasteiger charge is 2.55. The van der Waals surface area contributed by atoms with E-state index in [9.17, 15) is 13.2 Å². The maximum Gasteiger partial charge on any atom is 0.244 e. The predicted octanol–water partition coefficient (Wildman–Crippen LogP) is 2.76. The maximum atomic E-state index is 13.8. The lowest BCUT2D eigenvalue weighted by molar-refractivity contribution is -0.188. The standard InChI is InChI=1S/C21H29NO5S/c1-16-5-6-17(2)18(15-16)28(24,25)20(7-3-4-8-20)19(23)22-11-9-21(10-12-22)26-13-14-27-21/h5-6,15H,3-4,7-14H2,1-2H3. The SMILES string of the molecule is Cc1ccc(C)c(S(=O)(=O)C2(C(=O)N3CCC4(CC3)OCCO4)CCCC2)c1. The molecule has 1 amide bonds. The van der Waals surface area contributed by atoms with Crippen LogP contribution in [0.4, 0.5) is 0 Å². The van der Waals surface area contributed by atoms with Gasteiger partial charge in [-0.2, -0.15) is 0 Å². The number of hydrogen-bond donors (Lipinski definition) is 0. The fourth-order valence-electron chi connectivity index (χ4n) is 4.88. The van der Waals surface area contributed by atoms with Crippen LogP contribution in [0.2, 0.25) is 0 Å². The van der Waals surface area contributed by atoms with Gasteiger partial charge in [-0.15, -0.1) is 0 Å². The average Bonchev–Trinajstić information content (AvgIpc) is 3.35. The summed E-state index contributed by atoms with van der Waals surface area (Å²) in [6.07, 6.45) is 3.52. The minimum atomic E-state index is -3.78. The minimum absolute atomic E-state index is 0.237. The van der Waals surface area contributed by atoms with Crippen LogP contribution in [0.1, 0.15) is 49.7 Å². The number of benzene rings is 1. The molecule has 1 spiro atoms. The van der Waals surface area contributed by atoms with Crippen molar-refractivity contribution in [2.75, 3.05) is 26.3 Å². The van der Waals surface area contributed by atoms with Gasteiger partial charge in [0.25, 0.3) is 0 Å². The number of amides is 1. The van der Waals surface area contributed by atoms with Crippen molar-refractivity contribution in [3.63, 3.8) is 0 Å². The third-order valence-electron chi connectivity index (χ3n) is 6.57. The van der Waals surface area contributed by atoms with Gasteiger partial charge in [-0.1, -0.05) is 25.0 Å². The van der Waals surface area contributed by atoms with Crippen molar-refractivity contribution in [1.82, 2.24) is 4.90 Å². The molecule has 1 aromatic rings. The van der Waals surface area contributed by atoms with Crippen LogP contribution in [0.25, 0.3) is 0 Å². The van der Waals surface area contributed by atoms with Gasteiger partial charge in [-0.3, -0.25) is 4.79 Å². The summed E-state index contributed by atoms with van der Waals surface area (Å²) in [5, 5.41) is 0. The number of likely N-dealkylation sites (tertiary alicyclic amines) is 1. The highest BCUT2D eigenvalue weighted by atomic mass is 32.2. The van der Waals surface area contributed by atoms with Crippen molar-refractivity contribution in [2.24, 2.45) is 0 Å². The second-order valence-electron chi connectivity index (χ2n) is 8.37. The van der Waals surface area contributed by atoms with Crippen LogP contribution in [0, 0.1) is 13.8 Å². The fraction of sp³-hybridized carbons (Fsp3) is 0.667. The predicted molar refractivity (Wildman–Crippen MR) is 105 cm³/mol. The summed E-state index contributed by atoms with van der Waals surface area (Å²) < 4.78 is 37.7. The van der Waals surface area contributed by atoms with Crippen LogP contribution in [0.3, 0.4) is 0 Å². The Labute approximate surface area is 167 Å². The Morgan fingerprint density at radius 2 is 1.61 bits per heavy atom. The first-order valence-corrected chi connectivity index (χ1v) is 11.7. The molecule has 0 atom stereocenters. The lowest BCUT2D eigenvalue weighted by Crippen LogP contribution is -2.56. The zero-order chi connectivity index (χ0) is 20.0. The first-order chi connectivity index (χ1) is 13.3. The third kappa shape index (κ3) is 3.08. The zero-order valence-corrected chi connectivity index (χ0v) is 17.5. The van der Waals surface area contributed by atoms with E-state index in [0.29, 0.717) is 62.4 Å². The molecule has 0 bridgehead atoms. The van der Waals surface area contributed by atoms with E-state index < -0.39 is 20.4 Å². The van der Waals surface area contributed by atoms with Crippen LogP contribution in [-0.4, -0.2) is 56.1 Å². The molecule has 4 rings (SSSR count).